The van der Waals surface area contributed by atoms with Gasteiger partial charge in [0.25, 0.3) is 5.69 Å². The number of rotatable bonds is 4. The summed E-state index contributed by atoms with van der Waals surface area (Å²) in [4.78, 5) is 21.6. The number of carboxylic acid groups (broad SMARTS) is 1. The first-order chi connectivity index (χ1) is 9.78. The molecule has 114 valence electrons. The summed E-state index contributed by atoms with van der Waals surface area (Å²) >= 11 is 0. The Morgan fingerprint density at radius 1 is 1.52 bits per heavy atom. The molecule has 1 aromatic rings. The van der Waals surface area contributed by atoms with Crippen LogP contribution < -0.4 is 5.32 Å². The van der Waals surface area contributed by atoms with E-state index in [1.807, 2.05) is 13.8 Å². The smallest absolute Gasteiger partial charge is 0.335 e. The van der Waals surface area contributed by atoms with Crippen LogP contribution in [0, 0.1) is 10.1 Å². The number of nitrogens with zero attached hydrogens (tertiary/aromatic N) is 1. The van der Waals surface area contributed by atoms with E-state index in [4.69, 9.17) is 9.84 Å². The van der Waals surface area contributed by atoms with Gasteiger partial charge in [-0.2, -0.15) is 0 Å². The molecule has 1 aromatic carbocycles. The number of ether oxygens (including phenoxy) is 1. The van der Waals surface area contributed by atoms with Crippen LogP contribution >= 0.6 is 0 Å². The van der Waals surface area contributed by atoms with Crippen molar-refractivity contribution < 1.29 is 19.6 Å². The van der Waals surface area contributed by atoms with Crippen LogP contribution in [0.1, 0.15) is 37.0 Å². The third-order valence-corrected chi connectivity index (χ3v) is 3.50. The Morgan fingerprint density at radius 3 is 2.81 bits per heavy atom. The van der Waals surface area contributed by atoms with Crippen LogP contribution in [0.2, 0.25) is 0 Å². The lowest BCUT2D eigenvalue weighted by Gasteiger charge is -2.36. The van der Waals surface area contributed by atoms with Crippen LogP contribution in [0.25, 0.3) is 0 Å². The fourth-order valence-corrected chi connectivity index (χ4v) is 2.52. The fourth-order valence-electron chi connectivity index (χ4n) is 2.52. The minimum Gasteiger partial charge on any atom is -0.478 e. The summed E-state index contributed by atoms with van der Waals surface area (Å²) in [5, 5.41) is 23.2. The SMILES string of the molecule is CC1(C)CC(Nc2cc(C(=O)O)ccc2[N+](=O)[O-])CCO1. The van der Waals surface area contributed by atoms with Gasteiger partial charge in [-0.25, -0.2) is 4.79 Å². The van der Waals surface area contributed by atoms with E-state index in [1.54, 1.807) is 0 Å². The number of carbonyl (C=O) groups is 1. The summed E-state index contributed by atoms with van der Waals surface area (Å²) in [7, 11) is 0. The van der Waals surface area contributed by atoms with Crippen molar-refractivity contribution in [2.45, 2.75) is 38.3 Å². The molecule has 0 saturated carbocycles. The van der Waals surface area contributed by atoms with Gasteiger partial charge in [0.05, 0.1) is 16.1 Å². The third kappa shape index (κ3) is 3.69. The first-order valence-corrected chi connectivity index (χ1v) is 6.71. The van der Waals surface area contributed by atoms with Gasteiger partial charge in [-0.3, -0.25) is 10.1 Å². The lowest BCUT2D eigenvalue weighted by Crippen LogP contribution is -2.40. The summed E-state index contributed by atoms with van der Waals surface area (Å²) < 4.78 is 5.60. The maximum absolute atomic E-state index is 11.1. The molecule has 21 heavy (non-hydrogen) atoms. The Kier molecular flexibility index (Phi) is 4.13. The van der Waals surface area contributed by atoms with E-state index in [2.05, 4.69) is 5.32 Å². The zero-order chi connectivity index (χ0) is 15.6. The largest absolute Gasteiger partial charge is 0.478 e. The Hall–Kier alpha value is -2.15. The molecule has 1 aliphatic rings. The maximum atomic E-state index is 11.1. The Bertz CT molecular complexity index is 570. The molecule has 1 fully saturated rings. The first-order valence-electron chi connectivity index (χ1n) is 6.71. The number of nitrogens with one attached hydrogen (secondary N) is 1. The van der Waals surface area contributed by atoms with E-state index in [1.165, 1.54) is 18.2 Å². The van der Waals surface area contributed by atoms with Crippen LogP contribution in [-0.4, -0.2) is 34.2 Å². The predicted molar refractivity (Wildman–Crippen MR) is 76.7 cm³/mol. The highest BCUT2D eigenvalue weighted by Gasteiger charge is 2.30. The molecule has 1 unspecified atom stereocenters. The van der Waals surface area contributed by atoms with Gasteiger partial charge in [-0.05, 0) is 38.8 Å². The molecule has 0 spiro atoms. The summed E-state index contributed by atoms with van der Waals surface area (Å²) in [6.45, 7) is 4.49. The molecule has 1 atom stereocenters. The maximum Gasteiger partial charge on any atom is 0.335 e. The van der Waals surface area contributed by atoms with Crippen molar-refractivity contribution in [1.29, 1.82) is 0 Å². The second-order valence-electron chi connectivity index (χ2n) is 5.74. The van der Waals surface area contributed by atoms with E-state index in [9.17, 15) is 14.9 Å². The van der Waals surface area contributed by atoms with Crippen molar-refractivity contribution in [3.8, 4) is 0 Å². The van der Waals surface area contributed by atoms with Crippen molar-refractivity contribution in [2.24, 2.45) is 0 Å². The summed E-state index contributed by atoms with van der Waals surface area (Å²) in [6.07, 6.45) is 1.42. The highest BCUT2D eigenvalue weighted by atomic mass is 16.6. The van der Waals surface area contributed by atoms with E-state index in [-0.39, 0.29) is 28.6 Å². The average molecular weight is 294 g/mol. The number of nitro benzene ring substituents is 1. The molecular weight excluding hydrogens is 276 g/mol. The van der Waals surface area contributed by atoms with Crippen LogP contribution in [0.5, 0.6) is 0 Å². The van der Waals surface area contributed by atoms with Gasteiger partial charge < -0.3 is 15.2 Å². The molecule has 1 aliphatic heterocycles. The quantitative estimate of drug-likeness (QED) is 0.654. The molecule has 1 heterocycles. The molecule has 7 nitrogen and oxygen atoms in total. The topological polar surface area (TPSA) is 102 Å². The molecule has 7 heteroatoms. The molecule has 2 N–H and O–H groups in total. The van der Waals surface area contributed by atoms with Gasteiger partial charge in [0, 0.05) is 18.7 Å². The zero-order valence-corrected chi connectivity index (χ0v) is 12.0. The summed E-state index contributed by atoms with van der Waals surface area (Å²) in [6, 6.07) is 3.77. The van der Waals surface area contributed by atoms with Crippen molar-refractivity contribution >= 4 is 17.3 Å². The van der Waals surface area contributed by atoms with Crippen LogP contribution in [-0.2, 0) is 4.74 Å². The Morgan fingerprint density at radius 2 is 2.24 bits per heavy atom. The van der Waals surface area contributed by atoms with E-state index in [0.717, 1.165) is 6.42 Å². The number of benzene rings is 1. The second kappa shape index (κ2) is 5.69. The number of aromatic carboxylic acids is 1. The van der Waals surface area contributed by atoms with E-state index >= 15 is 0 Å². The monoisotopic (exact) mass is 294 g/mol. The van der Waals surface area contributed by atoms with Gasteiger partial charge in [-0.1, -0.05) is 0 Å². The summed E-state index contributed by atoms with van der Waals surface area (Å²) in [5.74, 6) is -1.11. The molecule has 2 rings (SSSR count). The third-order valence-electron chi connectivity index (χ3n) is 3.50. The average Bonchev–Trinajstić information content (AvgIpc) is 2.37. The molecule has 0 aliphatic carbocycles. The second-order valence-corrected chi connectivity index (χ2v) is 5.74. The van der Waals surface area contributed by atoms with Crippen LogP contribution in [0.3, 0.4) is 0 Å². The molecule has 0 bridgehead atoms. The van der Waals surface area contributed by atoms with Crippen molar-refractivity contribution in [1.82, 2.24) is 0 Å². The number of nitro groups is 1. The van der Waals surface area contributed by atoms with Gasteiger partial charge >= 0.3 is 5.97 Å². The zero-order valence-electron chi connectivity index (χ0n) is 12.0. The Labute approximate surface area is 122 Å². The minimum absolute atomic E-state index is 0.0106. The molecule has 0 aromatic heterocycles. The Balaban J connectivity index is 2.26. The van der Waals surface area contributed by atoms with Gasteiger partial charge in [0.2, 0.25) is 0 Å². The summed E-state index contributed by atoms with van der Waals surface area (Å²) in [5.41, 5.74) is -0.156. The lowest BCUT2D eigenvalue weighted by atomic mass is 9.93. The first kappa shape index (κ1) is 15.2. The van der Waals surface area contributed by atoms with Gasteiger partial charge in [0.15, 0.2) is 0 Å². The fraction of sp³-hybridized carbons (Fsp3) is 0.500. The van der Waals surface area contributed by atoms with Gasteiger partial charge in [-0.15, -0.1) is 0 Å². The molecule has 0 amide bonds. The normalized spacial score (nSPS) is 20.8. The molecular formula is C14H18N2O5. The van der Waals surface area contributed by atoms with Crippen LogP contribution in [0.4, 0.5) is 11.4 Å². The van der Waals surface area contributed by atoms with Crippen molar-refractivity contribution in [3.63, 3.8) is 0 Å². The standard InChI is InChI=1S/C14H18N2O5/c1-14(2)8-10(5-6-21-14)15-11-7-9(13(17)18)3-4-12(11)16(19)20/h3-4,7,10,15H,5-6,8H2,1-2H3,(H,17,18). The van der Waals surface area contributed by atoms with Crippen molar-refractivity contribution in [3.05, 3.63) is 33.9 Å². The molecule has 1 saturated heterocycles. The van der Waals surface area contributed by atoms with E-state index < -0.39 is 10.9 Å². The highest BCUT2D eigenvalue weighted by molar-refractivity contribution is 5.90. The minimum atomic E-state index is -1.11. The van der Waals surface area contributed by atoms with Crippen LogP contribution in [0.15, 0.2) is 18.2 Å². The lowest BCUT2D eigenvalue weighted by molar-refractivity contribution is -0.384. The number of hydrogen-bond donors (Lipinski definition) is 2. The highest BCUT2D eigenvalue weighted by Crippen LogP contribution is 2.31. The number of anilines is 1. The number of carboxylic acids is 1. The number of hydrogen-bond acceptors (Lipinski definition) is 5. The predicted octanol–water partition coefficient (Wildman–Crippen LogP) is 2.66. The molecule has 0 radical (unpaired) electrons. The van der Waals surface area contributed by atoms with Gasteiger partial charge in [0.1, 0.15) is 5.69 Å². The van der Waals surface area contributed by atoms with Crippen molar-refractivity contribution in [2.75, 3.05) is 11.9 Å². The van der Waals surface area contributed by atoms with E-state index in [0.29, 0.717) is 13.0 Å².